The second kappa shape index (κ2) is 6.12. The van der Waals surface area contributed by atoms with Crippen LogP contribution in [-0.4, -0.2) is 13.2 Å². The lowest BCUT2D eigenvalue weighted by Gasteiger charge is -2.11. The first-order chi connectivity index (χ1) is 6.15. The normalized spacial score (nSPS) is 9.43. The fraction of sp³-hybridized carbons (Fsp3) is 0.400. The molecule has 0 atom stereocenters. The predicted molar refractivity (Wildman–Crippen MR) is 62.7 cm³/mol. The molecule has 0 unspecified atom stereocenters. The largest absolute Gasteiger partial charge is 0.492 e. The van der Waals surface area contributed by atoms with E-state index >= 15 is 0 Å². The Balaban J connectivity index is 0.00000169. The minimum Gasteiger partial charge on any atom is -0.492 e. The van der Waals surface area contributed by atoms with Crippen LogP contribution in [0.1, 0.15) is 11.1 Å². The SMILES string of the molecule is Cc1cc(Cl)cc(C)c1OCCN.Cl. The molecule has 1 aromatic carbocycles. The standard InChI is InChI=1S/C10H14ClNO.ClH/c1-7-5-9(11)6-8(2)10(7)13-4-3-12;/h5-6H,3-4,12H2,1-2H3;1H. The Morgan fingerprint density at radius 3 is 2.21 bits per heavy atom. The molecular weight excluding hydrogens is 221 g/mol. The zero-order valence-corrected chi connectivity index (χ0v) is 9.91. The number of benzene rings is 1. The molecule has 0 aromatic heterocycles. The Morgan fingerprint density at radius 2 is 1.79 bits per heavy atom. The highest BCUT2D eigenvalue weighted by Crippen LogP contribution is 2.26. The number of hydrogen-bond donors (Lipinski definition) is 1. The van der Waals surface area contributed by atoms with E-state index in [-0.39, 0.29) is 12.4 Å². The molecule has 0 aliphatic rings. The van der Waals surface area contributed by atoms with Crippen molar-refractivity contribution in [2.75, 3.05) is 13.2 Å². The quantitative estimate of drug-likeness (QED) is 0.875. The van der Waals surface area contributed by atoms with Crippen LogP contribution in [0.4, 0.5) is 0 Å². The smallest absolute Gasteiger partial charge is 0.125 e. The van der Waals surface area contributed by atoms with Crippen LogP contribution in [0, 0.1) is 13.8 Å². The van der Waals surface area contributed by atoms with Crippen LogP contribution in [-0.2, 0) is 0 Å². The summed E-state index contributed by atoms with van der Waals surface area (Å²) in [4.78, 5) is 0. The minimum absolute atomic E-state index is 0. The van der Waals surface area contributed by atoms with E-state index in [1.165, 1.54) is 0 Å². The molecule has 0 fully saturated rings. The van der Waals surface area contributed by atoms with Crippen LogP contribution in [0.15, 0.2) is 12.1 Å². The predicted octanol–water partition coefficient (Wildman–Crippen LogP) is 2.72. The van der Waals surface area contributed by atoms with E-state index < -0.39 is 0 Å². The van der Waals surface area contributed by atoms with Gasteiger partial charge >= 0.3 is 0 Å². The Kier molecular flexibility index (Phi) is 5.93. The van der Waals surface area contributed by atoms with Crippen LogP contribution in [0.5, 0.6) is 5.75 Å². The summed E-state index contributed by atoms with van der Waals surface area (Å²) in [5.41, 5.74) is 7.46. The van der Waals surface area contributed by atoms with Gasteiger partial charge in [0.05, 0.1) is 0 Å². The second-order valence-electron chi connectivity index (χ2n) is 3.01. The summed E-state index contributed by atoms with van der Waals surface area (Å²) in [6.45, 7) is 5.03. The third kappa shape index (κ3) is 3.37. The van der Waals surface area contributed by atoms with Gasteiger partial charge in [0.1, 0.15) is 12.4 Å². The Morgan fingerprint density at radius 1 is 1.29 bits per heavy atom. The fourth-order valence-corrected chi connectivity index (χ4v) is 1.61. The number of aryl methyl sites for hydroxylation is 2. The van der Waals surface area contributed by atoms with Crippen LogP contribution in [0.2, 0.25) is 5.02 Å². The van der Waals surface area contributed by atoms with Crippen molar-refractivity contribution in [2.45, 2.75) is 13.8 Å². The van der Waals surface area contributed by atoms with E-state index in [1.807, 2.05) is 26.0 Å². The van der Waals surface area contributed by atoms with Gasteiger partial charge in [0.2, 0.25) is 0 Å². The zero-order valence-electron chi connectivity index (χ0n) is 8.34. The molecule has 80 valence electrons. The molecule has 0 saturated heterocycles. The summed E-state index contributed by atoms with van der Waals surface area (Å²) in [7, 11) is 0. The maximum absolute atomic E-state index is 5.88. The molecule has 0 heterocycles. The van der Waals surface area contributed by atoms with Gasteiger partial charge in [-0.05, 0) is 37.1 Å². The van der Waals surface area contributed by atoms with Crippen LogP contribution < -0.4 is 10.5 Å². The van der Waals surface area contributed by atoms with E-state index in [0.29, 0.717) is 13.2 Å². The van der Waals surface area contributed by atoms with E-state index in [9.17, 15) is 0 Å². The molecule has 2 N–H and O–H groups in total. The monoisotopic (exact) mass is 235 g/mol. The number of ether oxygens (including phenoxy) is 1. The van der Waals surface area contributed by atoms with Crippen LogP contribution in [0.3, 0.4) is 0 Å². The number of hydrogen-bond acceptors (Lipinski definition) is 2. The summed E-state index contributed by atoms with van der Waals surface area (Å²) >= 11 is 5.88. The van der Waals surface area contributed by atoms with Gasteiger partial charge < -0.3 is 10.5 Å². The highest BCUT2D eigenvalue weighted by molar-refractivity contribution is 6.30. The summed E-state index contributed by atoms with van der Waals surface area (Å²) in [6.07, 6.45) is 0. The number of nitrogens with two attached hydrogens (primary N) is 1. The molecule has 0 saturated carbocycles. The Labute approximate surface area is 95.8 Å². The van der Waals surface area contributed by atoms with Gasteiger partial charge in [-0.15, -0.1) is 12.4 Å². The van der Waals surface area contributed by atoms with E-state index in [1.54, 1.807) is 0 Å². The average Bonchev–Trinajstić information content (AvgIpc) is 2.02. The lowest BCUT2D eigenvalue weighted by atomic mass is 10.1. The number of rotatable bonds is 3. The Bertz CT molecular complexity index is 279. The van der Waals surface area contributed by atoms with Crippen molar-refractivity contribution in [2.24, 2.45) is 5.73 Å². The third-order valence-electron chi connectivity index (χ3n) is 1.79. The molecular formula is C10H15Cl2NO. The minimum atomic E-state index is 0. The van der Waals surface area contributed by atoms with Gasteiger partial charge in [-0.1, -0.05) is 11.6 Å². The molecule has 0 bridgehead atoms. The molecule has 0 aliphatic heterocycles. The van der Waals surface area contributed by atoms with Crippen molar-refractivity contribution < 1.29 is 4.74 Å². The first-order valence-corrected chi connectivity index (χ1v) is 4.62. The lowest BCUT2D eigenvalue weighted by Crippen LogP contribution is -2.11. The van der Waals surface area contributed by atoms with Crippen molar-refractivity contribution in [3.63, 3.8) is 0 Å². The summed E-state index contributed by atoms with van der Waals surface area (Å²) in [5, 5.41) is 0.745. The maximum atomic E-state index is 5.88. The second-order valence-corrected chi connectivity index (χ2v) is 3.44. The Hall–Kier alpha value is -0.440. The first-order valence-electron chi connectivity index (χ1n) is 4.24. The fourth-order valence-electron chi connectivity index (χ4n) is 1.29. The molecule has 0 spiro atoms. The van der Waals surface area contributed by atoms with Gasteiger partial charge in [0, 0.05) is 11.6 Å². The maximum Gasteiger partial charge on any atom is 0.125 e. The van der Waals surface area contributed by atoms with Crippen LogP contribution in [0.25, 0.3) is 0 Å². The van der Waals surface area contributed by atoms with Crippen molar-refractivity contribution >= 4 is 24.0 Å². The molecule has 14 heavy (non-hydrogen) atoms. The molecule has 0 radical (unpaired) electrons. The van der Waals surface area contributed by atoms with Gasteiger partial charge in [-0.3, -0.25) is 0 Å². The molecule has 2 nitrogen and oxygen atoms in total. The van der Waals surface area contributed by atoms with E-state index in [2.05, 4.69) is 0 Å². The highest BCUT2D eigenvalue weighted by Gasteiger charge is 2.04. The molecule has 0 amide bonds. The summed E-state index contributed by atoms with van der Waals surface area (Å²) < 4.78 is 5.49. The highest BCUT2D eigenvalue weighted by atomic mass is 35.5. The van der Waals surface area contributed by atoms with Crippen molar-refractivity contribution in [1.82, 2.24) is 0 Å². The first kappa shape index (κ1) is 13.6. The average molecular weight is 236 g/mol. The van der Waals surface area contributed by atoms with Crippen LogP contribution >= 0.6 is 24.0 Å². The molecule has 4 heteroatoms. The molecule has 0 aliphatic carbocycles. The number of halogens is 2. The van der Waals surface area contributed by atoms with Gasteiger partial charge in [-0.25, -0.2) is 0 Å². The topological polar surface area (TPSA) is 35.2 Å². The van der Waals surface area contributed by atoms with E-state index in [0.717, 1.165) is 21.9 Å². The summed E-state index contributed by atoms with van der Waals surface area (Å²) in [6, 6.07) is 3.78. The van der Waals surface area contributed by atoms with Gasteiger partial charge in [0.25, 0.3) is 0 Å². The third-order valence-corrected chi connectivity index (χ3v) is 2.01. The van der Waals surface area contributed by atoms with Gasteiger partial charge in [0.15, 0.2) is 0 Å². The summed E-state index contributed by atoms with van der Waals surface area (Å²) in [5.74, 6) is 0.898. The molecule has 1 aromatic rings. The van der Waals surface area contributed by atoms with Gasteiger partial charge in [-0.2, -0.15) is 0 Å². The molecule has 1 rings (SSSR count). The van der Waals surface area contributed by atoms with Crippen molar-refractivity contribution in [3.05, 3.63) is 28.3 Å². The van der Waals surface area contributed by atoms with E-state index in [4.69, 9.17) is 22.1 Å². The lowest BCUT2D eigenvalue weighted by molar-refractivity contribution is 0.324. The van der Waals surface area contributed by atoms with Crippen molar-refractivity contribution in [1.29, 1.82) is 0 Å². The van der Waals surface area contributed by atoms with Crippen molar-refractivity contribution in [3.8, 4) is 5.75 Å². The zero-order chi connectivity index (χ0) is 9.84.